The van der Waals surface area contributed by atoms with Crippen LogP contribution in [0.1, 0.15) is 35.1 Å². The van der Waals surface area contributed by atoms with E-state index in [1.54, 1.807) is 13.4 Å². The van der Waals surface area contributed by atoms with Gasteiger partial charge >= 0.3 is 0 Å². The molecular weight excluding hydrogens is 352 g/mol. The van der Waals surface area contributed by atoms with Crippen molar-refractivity contribution in [1.82, 2.24) is 24.8 Å². The molecule has 0 atom stereocenters. The van der Waals surface area contributed by atoms with E-state index in [4.69, 9.17) is 10.6 Å². The number of hydrazine groups is 1. The van der Waals surface area contributed by atoms with Crippen molar-refractivity contribution >= 4 is 5.57 Å². The van der Waals surface area contributed by atoms with E-state index < -0.39 is 0 Å². The lowest BCUT2D eigenvalue weighted by Crippen LogP contribution is -2.20. The lowest BCUT2D eigenvalue weighted by Gasteiger charge is -2.14. The molecule has 1 aromatic carbocycles. The zero-order valence-electron chi connectivity index (χ0n) is 16.2. The maximum absolute atomic E-state index is 5.93. The number of ether oxygens (including phenoxy) is 1. The van der Waals surface area contributed by atoms with Gasteiger partial charge < -0.3 is 14.3 Å². The highest BCUT2D eigenvalue weighted by molar-refractivity contribution is 5.75. The summed E-state index contributed by atoms with van der Waals surface area (Å²) >= 11 is 0. The van der Waals surface area contributed by atoms with Crippen LogP contribution >= 0.6 is 0 Å². The fourth-order valence-electron chi connectivity index (χ4n) is 3.46. The van der Waals surface area contributed by atoms with Crippen molar-refractivity contribution < 1.29 is 4.74 Å². The molecule has 0 spiro atoms. The van der Waals surface area contributed by atoms with Crippen molar-refractivity contribution in [2.24, 2.45) is 5.84 Å². The molecule has 0 aliphatic carbocycles. The number of hydrogen-bond donors (Lipinski definition) is 1. The Bertz CT molecular complexity index is 990. The normalized spacial score (nSPS) is 13.3. The predicted octanol–water partition coefficient (Wildman–Crippen LogP) is 2.41. The van der Waals surface area contributed by atoms with Crippen molar-refractivity contribution in [2.75, 3.05) is 13.7 Å². The molecule has 0 amide bonds. The molecule has 1 aliphatic rings. The fourth-order valence-corrected chi connectivity index (χ4v) is 3.46. The second-order valence-corrected chi connectivity index (χ2v) is 6.87. The summed E-state index contributed by atoms with van der Waals surface area (Å²) < 4.78 is 7.74. The van der Waals surface area contributed by atoms with Gasteiger partial charge in [-0.05, 0) is 24.1 Å². The molecule has 2 aromatic heterocycles. The van der Waals surface area contributed by atoms with Gasteiger partial charge in [-0.2, -0.15) is 0 Å². The van der Waals surface area contributed by atoms with Gasteiger partial charge in [0.05, 0.1) is 13.2 Å². The number of nitrogens with two attached hydrogens (primary N) is 1. The number of hydrogen-bond acceptors (Lipinski definition) is 6. The summed E-state index contributed by atoms with van der Waals surface area (Å²) in [4.78, 5) is 4.52. The summed E-state index contributed by atoms with van der Waals surface area (Å²) in [5, 5.41) is 10.1. The third-order valence-electron chi connectivity index (χ3n) is 4.87. The number of aryl methyl sites for hydroxylation is 1. The van der Waals surface area contributed by atoms with Crippen LogP contribution in [0, 0.1) is 0 Å². The molecule has 28 heavy (non-hydrogen) atoms. The predicted molar refractivity (Wildman–Crippen MR) is 107 cm³/mol. The quantitative estimate of drug-likeness (QED) is 0.526. The molecule has 0 fully saturated rings. The second kappa shape index (κ2) is 7.82. The second-order valence-electron chi connectivity index (χ2n) is 6.87. The third kappa shape index (κ3) is 3.61. The molecule has 0 radical (unpaired) electrons. The van der Waals surface area contributed by atoms with Gasteiger partial charge in [-0.3, -0.25) is 4.98 Å². The van der Waals surface area contributed by atoms with E-state index in [2.05, 4.69) is 28.2 Å². The summed E-state index contributed by atoms with van der Waals surface area (Å²) in [5.41, 5.74) is 5.35. The zero-order chi connectivity index (χ0) is 19.5. The monoisotopic (exact) mass is 376 g/mol. The maximum Gasteiger partial charge on any atom is 0.166 e. The summed E-state index contributed by atoms with van der Waals surface area (Å²) in [6.45, 7) is 3.49. The number of fused-ring (bicyclic) bond motifs is 1. The molecule has 0 bridgehead atoms. The smallest absolute Gasteiger partial charge is 0.166 e. The molecule has 0 saturated heterocycles. The van der Waals surface area contributed by atoms with Gasteiger partial charge in [0.2, 0.25) is 0 Å². The average Bonchev–Trinajstić information content (AvgIpc) is 3.36. The van der Waals surface area contributed by atoms with Gasteiger partial charge in [-0.1, -0.05) is 25.1 Å². The molecule has 0 unspecified atom stereocenters. The Balaban J connectivity index is 1.71. The van der Waals surface area contributed by atoms with Crippen LogP contribution in [0.4, 0.5) is 0 Å². The van der Waals surface area contributed by atoms with Crippen LogP contribution in [0.15, 0.2) is 49.1 Å². The molecule has 144 valence electrons. The minimum absolute atomic E-state index is 0.668. The Hall–Kier alpha value is -3.19. The molecule has 4 rings (SSSR count). The van der Waals surface area contributed by atoms with Crippen molar-refractivity contribution in [2.45, 2.75) is 26.3 Å². The highest BCUT2D eigenvalue weighted by atomic mass is 16.5. The van der Waals surface area contributed by atoms with Crippen LogP contribution in [-0.4, -0.2) is 38.4 Å². The zero-order valence-corrected chi connectivity index (χ0v) is 16.2. The van der Waals surface area contributed by atoms with E-state index in [1.165, 1.54) is 16.1 Å². The molecule has 0 saturated carbocycles. The van der Waals surface area contributed by atoms with Gasteiger partial charge in [0.1, 0.15) is 12.1 Å². The van der Waals surface area contributed by atoms with E-state index in [0.29, 0.717) is 6.54 Å². The molecule has 7 heteroatoms. The first kappa shape index (κ1) is 18.2. The van der Waals surface area contributed by atoms with Crippen LogP contribution in [0.25, 0.3) is 5.57 Å². The summed E-state index contributed by atoms with van der Waals surface area (Å²) in [6, 6.07) is 10.3. The highest BCUT2D eigenvalue weighted by Gasteiger charge is 2.19. The van der Waals surface area contributed by atoms with Gasteiger partial charge in [0, 0.05) is 48.3 Å². The van der Waals surface area contributed by atoms with Gasteiger partial charge in [0.25, 0.3) is 0 Å². The first-order valence-corrected chi connectivity index (χ1v) is 9.42. The SMILES string of the molecule is CCc1ccc(/C(=C/N(C)N)c2nncn2Cc2cccc3c2CCO3)cn1. The van der Waals surface area contributed by atoms with Crippen molar-refractivity contribution in [1.29, 1.82) is 0 Å². The van der Waals surface area contributed by atoms with Crippen molar-refractivity contribution in [3.05, 3.63) is 77.3 Å². The van der Waals surface area contributed by atoms with Gasteiger partial charge in [-0.25, -0.2) is 5.84 Å². The molecule has 7 nitrogen and oxygen atoms in total. The molecule has 3 aromatic rings. The van der Waals surface area contributed by atoms with E-state index >= 15 is 0 Å². The summed E-state index contributed by atoms with van der Waals surface area (Å²) in [5.74, 6) is 7.66. The van der Waals surface area contributed by atoms with Crippen molar-refractivity contribution in [3.8, 4) is 5.75 Å². The van der Waals surface area contributed by atoms with Crippen LogP contribution < -0.4 is 10.6 Å². The lowest BCUT2D eigenvalue weighted by molar-refractivity contribution is 0.357. The first-order valence-electron chi connectivity index (χ1n) is 9.42. The highest BCUT2D eigenvalue weighted by Crippen LogP contribution is 2.29. The Kier molecular flexibility index (Phi) is 5.08. The van der Waals surface area contributed by atoms with Crippen LogP contribution in [-0.2, 0) is 19.4 Å². The fraction of sp³-hybridized carbons (Fsp3) is 0.286. The first-order chi connectivity index (χ1) is 13.7. The molecule has 3 heterocycles. The Morgan fingerprint density at radius 3 is 2.96 bits per heavy atom. The Morgan fingerprint density at radius 2 is 2.21 bits per heavy atom. The van der Waals surface area contributed by atoms with Gasteiger partial charge in [-0.15, -0.1) is 10.2 Å². The van der Waals surface area contributed by atoms with Gasteiger partial charge in [0.15, 0.2) is 5.82 Å². The van der Waals surface area contributed by atoms with E-state index in [-0.39, 0.29) is 0 Å². The lowest BCUT2D eigenvalue weighted by atomic mass is 10.0. The molecule has 1 aliphatic heterocycles. The number of rotatable bonds is 6. The van der Waals surface area contributed by atoms with Crippen molar-refractivity contribution in [3.63, 3.8) is 0 Å². The largest absolute Gasteiger partial charge is 0.493 e. The Labute approximate surface area is 164 Å². The van der Waals surface area contributed by atoms with E-state index in [1.807, 2.05) is 41.2 Å². The van der Waals surface area contributed by atoms with Crippen LogP contribution in [0.2, 0.25) is 0 Å². The molecule has 2 N–H and O–H groups in total. The Morgan fingerprint density at radius 1 is 1.32 bits per heavy atom. The molecular formula is C21H24N6O. The van der Waals surface area contributed by atoms with E-state index in [9.17, 15) is 0 Å². The minimum Gasteiger partial charge on any atom is -0.493 e. The topological polar surface area (TPSA) is 82.1 Å². The summed E-state index contributed by atoms with van der Waals surface area (Å²) in [7, 11) is 1.79. The number of nitrogens with zero attached hydrogens (tertiary/aromatic N) is 5. The summed E-state index contributed by atoms with van der Waals surface area (Å²) in [6.07, 6.45) is 7.29. The minimum atomic E-state index is 0.668. The number of pyridine rings is 1. The number of aromatic nitrogens is 4. The third-order valence-corrected chi connectivity index (χ3v) is 4.87. The number of benzene rings is 1. The van der Waals surface area contributed by atoms with Crippen LogP contribution in [0.5, 0.6) is 5.75 Å². The van der Waals surface area contributed by atoms with Crippen LogP contribution in [0.3, 0.4) is 0 Å². The standard InChI is InChI=1S/C21H24N6O/c1-3-17-8-7-15(11-23-17)19(13-26(2)22)21-25-24-14-27(21)12-16-5-4-6-20-18(16)9-10-28-20/h4-8,11,13-14H,3,9-10,12,22H2,1-2H3/b19-13-. The average molecular weight is 376 g/mol. The van der Waals surface area contributed by atoms with E-state index in [0.717, 1.165) is 47.9 Å². The maximum atomic E-state index is 5.93.